The molecule has 0 aliphatic heterocycles. The lowest BCUT2D eigenvalue weighted by Gasteiger charge is -2.20. The van der Waals surface area contributed by atoms with Crippen LogP contribution in [0.5, 0.6) is 0 Å². The molecule has 0 unspecified atom stereocenters. The zero-order chi connectivity index (χ0) is 19.5. The summed E-state index contributed by atoms with van der Waals surface area (Å²) in [7, 11) is 2.02. The van der Waals surface area contributed by atoms with E-state index in [1.165, 1.54) is 23.4 Å². The average Bonchev–Trinajstić information content (AvgIpc) is 3.14. The second-order valence-electron chi connectivity index (χ2n) is 6.97. The first-order valence-electron chi connectivity index (χ1n) is 9.32. The molecule has 0 spiro atoms. The van der Waals surface area contributed by atoms with Crippen LogP contribution < -0.4 is 10.2 Å². The van der Waals surface area contributed by atoms with Gasteiger partial charge < -0.3 is 15.3 Å². The van der Waals surface area contributed by atoms with Crippen molar-refractivity contribution in [2.24, 2.45) is 0 Å². The fourth-order valence-corrected chi connectivity index (χ4v) is 3.75. The molecule has 1 aliphatic carbocycles. The van der Waals surface area contributed by atoms with Crippen molar-refractivity contribution in [1.29, 1.82) is 0 Å². The summed E-state index contributed by atoms with van der Waals surface area (Å²) in [5.74, 6) is 0.321. The van der Waals surface area contributed by atoms with E-state index in [-0.39, 0.29) is 5.56 Å². The number of aryl methyl sites for hydroxylation is 1. The first-order chi connectivity index (χ1) is 13.6. The van der Waals surface area contributed by atoms with Crippen molar-refractivity contribution in [1.82, 2.24) is 9.97 Å². The van der Waals surface area contributed by atoms with E-state index in [1.807, 2.05) is 25.2 Å². The van der Waals surface area contributed by atoms with Crippen molar-refractivity contribution in [3.8, 4) is 0 Å². The molecular weight excluding hydrogens is 352 g/mol. The van der Waals surface area contributed by atoms with Gasteiger partial charge >= 0.3 is 5.97 Å². The summed E-state index contributed by atoms with van der Waals surface area (Å²) in [6, 6.07) is 14.0. The number of nitrogens with one attached hydrogen (secondary N) is 1. The van der Waals surface area contributed by atoms with Crippen LogP contribution in [0.15, 0.2) is 61.1 Å². The van der Waals surface area contributed by atoms with Crippen molar-refractivity contribution in [2.45, 2.75) is 18.8 Å². The first-order valence-corrected chi connectivity index (χ1v) is 9.32. The number of nitrogens with zero attached hydrogens (tertiary/aromatic N) is 3. The quantitative estimate of drug-likeness (QED) is 0.677. The number of benzene rings is 1. The smallest absolute Gasteiger partial charge is 0.337 e. The van der Waals surface area contributed by atoms with Gasteiger partial charge in [0.2, 0.25) is 0 Å². The molecule has 2 heterocycles. The van der Waals surface area contributed by atoms with E-state index in [9.17, 15) is 9.90 Å². The zero-order valence-corrected chi connectivity index (χ0v) is 15.7. The Morgan fingerprint density at radius 3 is 2.93 bits per heavy atom. The van der Waals surface area contributed by atoms with Crippen molar-refractivity contribution in [3.05, 3.63) is 77.7 Å². The van der Waals surface area contributed by atoms with Gasteiger partial charge in [-0.15, -0.1) is 0 Å². The number of carboxylic acids is 1. The number of hydrogen-bond acceptors (Lipinski definition) is 5. The molecule has 1 atom stereocenters. The van der Waals surface area contributed by atoms with Crippen molar-refractivity contribution in [2.75, 3.05) is 23.8 Å². The number of aromatic carboxylic acids is 1. The van der Waals surface area contributed by atoms with E-state index in [4.69, 9.17) is 0 Å². The van der Waals surface area contributed by atoms with Crippen LogP contribution in [0.1, 0.15) is 33.8 Å². The highest BCUT2D eigenvalue weighted by atomic mass is 16.4. The van der Waals surface area contributed by atoms with Crippen molar-refractivity contribution < 1.29 is 9.90 Å². The van der Waals surface area contributed by atoms with Crippen molar-refractivity contribution in [3.63, 3.8) is 0 Å². The Bertz CT molecular complexity index is 991. The minimum absolute atomic E-state index is 0.251. The summed E-state index contributed by atoms with van der Waals surface area (Å²) in [5.41, 5.74) is 4.60. The van der Waals surface area contributed by atoms with Crippen LogP contribution in [0.3, 0.4) is 0 Å². The molecule has 6 heteroatoms. The monoisotopic (exact) mass is 374 g/mol. The van der Waals surface area contributed by atoms with Crippen LogP contribution in [-0.2, 0) is 6.42 Å². The van der Waals surface area contributed by atoms with Crippen molar-refractivity contribution >= 4 is 23.2 Å². The summed E-state index contributed by atoms with van der Waals surface area (Å²) in [5, 5.41) is 12.6. The molecule has 4 rings (SSSR count). The molecule has 2 N–H and O–H groups in total. The summed E-state index contributed by atoms with van der Waals surface area (Å²) in [6.45, 7) is 0.689. The van der Waals surface area contributed by atoms with E-state index in [0.717, 1.165) is 24.3 Å². The molecule has 1 aliphatic rings. The Morgan fingerprint density at radius 2 is 2.14 bits per heavy atom. The predicted molar refractivity (Wildman–Crippen MR) is 109 cm³/mol. The number of carbonyl (C=O) groups is 1. The topological polar surface area (TPSA) is 78.4 Å². The zero-order valence-electron chi connectivity index (χ0n) is 15.7. The second kappa shape index (κ2) is 7.68. The van der Waals surface area contributed by atoms with Gasteiger partial charge in [-0.2, -0.15) is 0 Å². The molecule has 0 saturated heterocycles. The van der Waals surface area contributed by atoms with Gasteiger partial charge in [-0.1, -0.05) is 12.1 Å². The Hall–Kier alpha value is -3.41. The summed E-state index contributed by atoms with van der Waals surface area (Å²) >= 11 is 0. The Labute approximate surface area is 163 Å². The Kier molecular flexibility index (Phi) is 4.93. The van der Waals surface area contributed by atoms with E-state index in [0.29, 0.717) is 18.2 Å². The third-order valence-corrected chi connectivity index (χ3v) is 5.30. The van der Waals surface area contributed by atoms with Crippen LogP contribution in [0, 0.1) is 0 Å². The Balaban J connectivity index is 1.49. The Morgan fingerprint density at radius 1 is 1.25 bits per heavy atom. The van der Waals surface area contributed by atoms with Crippen LogP contribution in [0.25, 0.3) is 0 Å². The maximum Gasteiger partial charge on any atom is 0.337 e. The summed E-state index contributed by atoms with van der Waals surface area (Å²) in [6.07, 6.45) is 6.93. The highest BCUT2D eigenvalue weighted by Gasteiger charge is 2.23. The molecule has 0 amide bonds. The number of pyridine rings is 2. The van der Waals surface area contributed by atoms with Gasteiger partial charge in [-0.05, 0) is 54.3 Å². The number of fused-ring (bicyclic) bond motifs is 1. The maximum atomic E-state index is 11.4. The molecular formula is C22H22N4O2. The summed E-state index contributed by atoms with van der Waals surface area (Å²) in [4.78, 5) is 21.9. The van der Waals surface area contributed by atoms with Gasteiger partial charge in [-0.25, -0.2) is 9.78 Å². The number of anilines is 3. The fraction of sp³-hybridized carbons (Fsp3) is 0.227. The van der Waals surface area contributed by atoms with Crippen LogP contribution in [0.4, 0.5) is 17.2 Å². The van der Waals surface area contributed by atoms with Gasteiger partial charge in [0.1, 0.15) is 5.82 Å². The first kappa shape index (κ1) is 18.0. The lowest BCUT2D eigenvalue weighted by atomic mass is 10.0. The second-order valence-corrected chi connectivity index (χ2v) is 6.97. The van der Waals surface area contributed by atoms with E-state index in [2.05, 4.69) is 38.4 Å². The van der Waals surface area contributed by atoms with E-state index in [1.54, 1.807) is 12.4 Å². The minimum Gasteiger partial charge on any atom is -0.478 e. The number of aromatic nitrogens is 2. The number of hydrogen-bond donors (Lipinski definition) is 2. The molecule has 0 fully saturated rings. The average molecular weight is 374 g/mol. The molecule has 28 heavy (non-hydrogen) atoms. The third-order valence-electron chi connectivity index (χ3n) is 5.30. The molecule has 0 radical (unpaired) electrons. The molecule has 142 valence electrons. The van der Waals surface area contributed by atoms with Gasteiger partial charge in [0.15, 0.2) is 0 Å². The highest BCUT2D eigenvalue weighted by molar-refractivity contribution is 5.93. The molecule has 0 bridgehead atoms. The molecule has 6 nitrogen and oxygen atoms in total. The number of carboxylic acid groups (broad SMARTS) is 1. The normalized spacial score (nSPS) is 15.1. The van der Waals surface area contributed by atoms with Gasteiger partial charge in [0.05, 0.1) is 17.4 Å². The predicted octanol–water partition coefficient (Wildman–Crippen LogP) is 4.08. The van der Waals surface area contributed by atoms with Crippen LogP contribution >= 0.6 is 0 Å². The van der Waals surface area contributed by atoms with E-state index < -0.39 is 5.97 Å². The van der Waals surface area contributed by atoms with Crippen LogP contribution in [0.2, 0.25) is 0 Å². The lowest BCUT2D eigenvalue weighted by molar-refractivity contribution is 0.0698. The SMILES string of the molecule is CN(c1ccc2c(c1)CC[C@H]2CNc1cnccc1C(=O)O)c1ccccn1. The molecule has 2 aromatic heterocycles. The summed E-state index contributed by atoms with van der Waals surface area (Å²) < 4.78 is 0. The molecule has 0 saturated carbocycles. The lowest BCUT2D eigenvalue weighted by Crippen LogP contribution is -2.14. The van der Waals surface area contributed by atoms with Gasteiger partial charge in [-0.3, -0.25) is 4.98 Å². The third kappa shape index (κ3) is 3.53. The molecule has 1 aromatic carbocycles. The van der Waals surface area contributed by atoms with Crippen LogP contribution in [-0.4, -0.2) is 34.6 Å². The maximum absolute atomic E-state index is 11.4. The van der Waals surface area contributed by atoms with Gasteiger partial charge in [0, 0.05) is 37.6 Å². The number of rotatable bonds is 6. The minimum atomic E-state index is -0.945. The fourth-order valence-electron chi connectivity index (χ4n) is 3.75. The van der Waals surface area contributed by atoms with E-state index >= 15 is 0 Å². The molecule has 3 aromatic rings. The largest absolute Gasteiger partial charge is 0.478 e. The highest BCUT2D eigenvalue weighted by Crippen LogP contribution is 2.36. The van der Waals surface area contributed by atoms with Gasteiger partial charge in [0.25, 0.3) is 0 Å². The standard InChI is InChI=1S/C22H22N4O2/c1-26(21-4-2-3-10-24-21)17-7-8-18-15(12-17)5-6-16(18)13-25-20-14-23-11-9-19(20)22(27)28/h2-4,7-12,14,16,25H,5-6,13H2,1H3,(H,27,28)/t16-/m0/s1.